The van der Waals surface area contributed by atoms with Crippen LogP contribution >= 0.6 is 12.4 Å². The van der Waals surface area contributed by atoms with Crippen molar-refractivity contribution in [1.29, 1.82) is 0 Å². The van der Waals surface area contributed by atoms with E-state index in [9.17, 15) is 13.2 Å². The third-order valence-electron chi connectivity index (χ3n) is 4.38. The molecule has 140 valence electrons. The van der Waals surface area contributed by atoms with E-state index in [2.05, 4.69) is 12.2 Å². The van der Waals surface area contributed by atoms with Gasteiger partial charge < -0.3 is 10.2 Å². The molecule has 0 aromatic heterocycles. The van der Waals surface area contributed by atoms with Crippen molar-refractivity contribution in [1.82, 2.24) is 10.2 Å². The summed E-state index contributed by atoms with van der Waals surface area (Å²) in [5.41, 5.74) is 2.43. The predicted molar refractivity (Wildman–Crippen MR) is 106 cm³/mol. The second-order valence-corrected chi connectivity index (χ2v) is 8.50. The van der Waals surface area contributed by atoms with Gasteiger partial charge in [0.2, 0.25) is 0 Å². The van der Waals surface area contributed by atoms with Gasteiger partial charge in [0.15, 0.2) is 9.84 Å². The van der Waals surface area contributed by atoms with E-state index in [-0.39, 0.29) is 18.3 Å². The molecule has 1 aliphatic heterocycles. The lowest BCUT2D eigenvalue weighted by atomic mass is 10.0. The van der Waals surface area contributed by atoms with Gasteiger partial charge in [-0.15, -0.1) is 12.4 Å². The molecule has 5 nitrogen and oxygen atoms in total. The molecule has 0 saturated carbocycles. The lowest BCUT2D eigenvalue weighted by Crippen LogP contribution is -2.51. The maximum Gasteiger partial charge on any atom is 0.253 e. The van der Waals surface area contributed by atoms with E-state index in [0.29, 0.717) is 29.6 Å². The van der Waals surface area contributed by atoms with Crippen molar-refractivity contribution in [3.8, 4) is 11.1 Å². The molecule has 7 heteroatoms. The molecule has 1 unspecified atom stereocenters. The molecule has 0 spiro atoms. The first kappa shape index (κ1) is 20.4. The van der Waals surface area contributed by atoms with Gasteiger partial charge >= 0.3 is 0 Å². The van der Waals surface area contributed by atoms with E-state index in [1.165, 1.54) is 6.26 Å². The van der Waals surface area contributed by atoms with Crippen LogP contribution in [0.3, 0.4) is 0 Å². The normalized spacial score (nSPS) is 17.5. The van der Waals surface area contributed by atoms with Gasteiger partial charge in [0.1, 0.15) is 0 Å². The zero-order valence-electron chi connectivity index (χ0n) is 14.8. The minimum Gasteiger partial charge on any atom is -0.336 e. The average molecular weight is 395 g/mol. The number of hydrogen-bond donors (Lipinski definition) is 1. The number of hydrogen-bond acceptors (Lipinski definition) is 4. The van der Waals surface area contributed by atoms with E-state index in [1.54, 1.807) is 24.3 Å². The Kier molecular flexibility index (Phi) is 6.44. The number of carbonyl (C=O) groups is 1. The maximum absolute atomic E-state index is 12.7. The Balaban J connectivity index is 0.00000243. The summed E-state index contributed by atoms with van der Waals surface area (Å²) < 4.78 is 23.1. The topological polar surface area (TPSA) is 66.5 Å². The number of benzene rings is 2. The number of nitrogens with one attached hydrogen (secondary N) is 1. The van der Waals surface area contributed by atoms with Crippen LogP contribution in [0.4, 0.5) is 0 Å². The highest BCUT2D eigenvalue weighted by atomic mass is 35.5. The first-order chi connectivity index (χ1) is 11.8. The van der Waals surface area contributed by atoms with Crippen LogP contribution < -0.4 is 5.32 Å². The van der Waals surface area contributed by atoms with Crippen LogP contribution in [0.1, 0.15) is 17.3 Å². The van der Waals surface area contributed by atoms with Crippen LogP contribution in [0.5, 0.6) is 0 Å². The first-order valence-corrected chi connectivity index (χ1v) is 10.2. The summed E-state index contributed by atoms with van der Waals surface area (Å²) in [5, 5.41) is 3.33. The molecule has 3 rings (SSSR count). The monoisotopic (exact) mass is 394 g/mol. The lowest BCUT2D eigenvalue weighted by Gasteiger charge is -2.32. The average Bonchev–Trinajstić information content (AvgIpc) is 2.60. The molecule has 2 aromatic carbocycles. The fourth-order valence-electron chi connectivity index (χ4n) is 3.03. The van der Waals surface area contributed by atoms with E-state index in [1.807, 2.05) is 29.2 Å². The van der Waals surface area contributed by atoms with Crippen molar-refractivity contribution in [2.75, 3.05) is 25.9 Å². The zero-order valence-corrected chi connectivity index (χ0v) is 16.4. The lowest BCUT2D eigenvalue weighted by molar-refractivity contribution is 0.0709. The van der Waals surface area contributed by atoms with Crippen LogP contribution in [0.2, 0.25) is 0 Å². The molecule has 1 N–H and O–H groups in total. The molecule has 1 amide bonds. The van der Waals surface area contributed by atoms with Gasteiger partial charge in [-0.1, -0.05) is 24.3 Å². The van der Waals surface area contributed by atoms with E-state index in [0.717, 1.165) is 17.7 Å². The molecule has 1 saturated heterocycles. The Hall–Kier alpha value is -1.89. The second kappa shape index (κ2) is 8.20. The van der Waals surface area contributed by atoms with Gasteiger partial charge in [0, 0.05) is 37.5 Å². The van der Waals surface area contributed by atoms with Gasteiger partial charge in [-0.25, -0.2) is 8.42 Å². The highest BCUT2D eigenvalue weighted by Gasteiger charge is 2.21. The van der Waals surface area contributed by atoms with Crippen molar-refractivity contribution in [3.63, 3.8) is 0 Å². The number of halogens is 1. The molecule has 0 bridgehead atoms. The quantitative estimate of drug-likeness (QED) is 0.869. The summed E-state index contributed by atoms with van der Waals surface area (Å²) in [4.78, 5) is 14.9. The summed E-state index contributed by atoms with van der Waals surface area (Å²) in [6.07, 6.45) is 1.19. The molecule has 0 aliphatic carbocycles. The Labute approximate surface area is 160 Å². The largest absolute Gasteiger partial charge is 0.336 e. The van der Waals surface area contributed by atoms with Crippen LogP contribution in [0.15, 0.2) is 53.4 Å². The minimum absolute atomic E-state index is 0. The third-order valence-corrected chi connectivity index (χ3v) is 5.51. The molecular formula is C19H23ClN2O3S. The number of nitrogens with zero attached hydrogens (tertiary/aromatic N) is 1. The Bertz CT molecular complexity index is 882. The number of piperazine rings is 1. The van der Waals surface area contributed by atoms with E-state index < -0.39 is 9.84 Å². The molecule has 26 heavy (non-hydrogen) atoms. The molecule has 1 atom stereocenters. The standard InChI is InChI=1S/C19H22N2O3S.ClH/c1-14-13-21(11-10-20-14)19(22)17-5-3-4-16(12-17)15-6-8-18(9-7-15)25(2,23)24;/h3-9,12,14,20H,10-11,13H2,1-2H3;1H. The number of carbonyl (C=O) groups excluding carboxylic acids is 1. The summed E-state index contributed by atoms with van der Waals surface area (Å²) in [7, 11) is -3.21. The van der Waals surface area contributed by atoms with E-state index in [4.69, 9.17) is 0 Å². The van der Waals surface area contributed by atoms with Crippen molar-refractivity contribution >= 4 is 28.2 Å². The van der Waals surface area contributed by atoms with E-state index >= 15 is 0 Å². The van der Waals surface area contributed by atoms with Crippen molar-refractivity contribution < 1.29 is 13.2 Å². The van der Waals surface area contributed by atoms with Crippen molar-refractivity contribution in [3.05, 3.63) is 54.1 Å². The van der Waals surface area contributed by atoms with Crippen molar-refractivity contribution in [2.24, 2.45) is 0 Å². The van der Waals surface area contributed by atoms with Gasteiger partial charge in [0.05, 0.1) is 4.90 Å². The fourth-order valence-corrected chi connectivity index (χ4v) is 3.66. The summed E-state index contributed by atoms with van der Waals surface area (Å²) in [6.45, 7) is 4.28. The zero-order chi connectivity index (χ0) is 18.0. The maximum atomic E-state index is 12.7. The first-order valence-electron chi connectivity index (χ1n) is 8.28. The minimum atomic E-state index is -3.21. The Morgan fingerprint density at radius 1 is 1.12 bits per heavy atom. The molecule has 2 aromatic rings. The van der Waals surface area contributed by atoms with Crippen LogP contribution in [0, 0.1) is 0 Å². The molecule has 1 fully saturated rings. The van der Waals surface area contributed by atoms with Gasteiger partial charge in [-0.3, -0.25) is 4.79 Å². The fraction of sp³-hybridized carbons (Fsp3) is 0.316. The molecule has 1 heterocycles. The van der Waals surface area contributed by atoms with Gasteiger partial charge in [-0.2, -0.15) is 0 Å². The highest BCUT2D eigenvalue weighted by Crippen LogP contribution is 2.23. The Morgan fingerprint density at radius 2 is 1.81 bits per heavy atom. The molecular weight excluding hydrogens is 372 g/mol. The molecule has 0 radical (unpaired) electrons. The number of amides is 1. The van der Waals surface area contributed by atoms with Gasteiger partial charge in [-0.05, 0) is 42.3 Å². The summed E-state index contributed by atoms with van der Waals surface area (Å²) in [5.74, 6) is 0.0305. The number of rotatable bonds is 3. The van der Waals surface area contributed by atoms with Gasteiger partial charge in [0.25, 0.3) is 5.91 Å². The summed E-state index contributed by atoms with van der Waals surface area (Å²) >= 11 is 0. The van der Waals surface area contributed by atoms with Crippen LogP contribution in [-0.4, -0.2) is 51.2 Å². The van der Waals surface area contributed by atoms with Crippen LogP contribution in [0.25, 0.3) is 11.1 Å². The second-order valence-electron chi connectivity index (χ2n) is 6.48. The molecule has 1 aliphatic rings. The smallest absolute Gasteiger partial charge is 0.253 e. The number of sulfone groups is 1. The third kappa shape index (κ3) is 4.63. The van der Waals surface area contributed by atoms with Crippen LogP contribution in [-0.2, 0) is 9.84 Å². The predicted octanol–water partition coefficient (Wildman–Crippen LogP) is 2.61. The summed E-state index contributed by atoms with van der Waals surface area (Å²) in [6, 6.07) is 14.5. The van der Waals surface area contributed by atoms with Crippen molar-refractivity contribution in [2.45, 2.75) is 17.9 Å². The SMILES string of the molecule is CC1CN(C(=O)c2cccc(-c3ccc(S(C)(=O)=O)cc3)c2)CCN1.Cl. The highest BCUT2D eigenvalue weighted by molar-refractivity contribution is 7.90. The Morgan fingerprint density at radius 3 is 2.42 bits per heavy atom.